The summed E-state index contributed by atoms with van der Waals surface area (Å²) in [5.41, 5.74) is 13.3. The summed E-state index contributed by atoms with van der Waals surface area (Å²) in [5.74, 6) is -0.439. The first-order valence-electron chi connectivity index (χ1n) is 9.36. The number of carbonyl (C=O) groups is 1. The second-order valence-electron chi connectivity index (χ2n) is 7.06. The summed E-state index contributed by atoms with van der Waals surface area (Å²) in [7, 11) is 0. The number of carbonyl (C=O) groups excluding carboxylic acids is 1. The van der Waals surface area contributed by atoms with E-state index in [1.165, 1.54) is 17.2 Å². The number of anilines is 1. The molecule has 1 aliphatic heterocycles. The van der Waals surface area contributed by atoms with Gasteiger partial charge in [-0.25, -0.2) is 15.0 Å². The molecule has 5 atom stereocenters. The molecular formula is C19H22N6O5. The summed E-state index contributed by atoms with van der Waals surface area (Å²) in [4.78, 5) is 24.3. The third-order valence-corrected chi connectivity index (χ3v) is 4.99. The van der Waals surface area contributed by atoms with Crippen LogP contribution < -0.4 is 11.5 Å². The number of aliphatic hydroxyl groups excluding tert-OH is 2. The number of ether oxygens (including phenoxy) is 2. The lowest BCUT2D eigenvalue weighted by Crippen LogP contribution is -2.38. The van der Waals surface area contributed by atoms with E-state index < -0.39 is 36.6 Å². The third-order valence-electron chi connectivity index (χ3n) is 4.99. The maximum Gasteiger partial charge on any atom is 0.323 e. The van der Waals surface area contributed by atoms with Gasteiger partial charge in [0.05, 0.1) is 6.33 Å². The van der Waals surface area contributed by atoms with E-state index in [0.717, 1.165) is 5.56 Å². The number of nitrogens with zero attached hydrogens (tertiary/aromatic N) is 4. The van der Waals surface area contributed by atoms with Crippen molar-refractivity contribution in [1.29, 1.82) is 0 Å². The number of nitrogens with two attached hydrogens (primary N) is 2. The summed E-state index contributed by atoms with van der Waals surface area (Å²) in [5, 5.41) is 20.8. The summed E-state index contributed by atoms with van der Waals surface area (Å²) in [6.07, 6.45) is -1.54. The van der Waals surface area contributed by atoms with Crippen LogP contribution in [0.2, 0.25) is 0 Å². The summed E-state index contributed by atoms with van der Waals surface area (Å²) in [6.45, 7) is -0.264. The van der Waals surface area contributed by atoms with Gasteiger partial charge in [0.25, 0.3) is 0 Å². The SMILES string of the molecule is Nc1ncnc2c1ncn2[C@@H]1O[C@H](COC(=O)[C@H](N)Cc2ccccc2)[C@H](O)[C@H]1O. The van der Waals surface area contributed by atoms with Crippen molar-refractivity contribution in [2.24, 2.45) is 5.73 Å². The maximum absolute atomic E-state index is 12.2. The Hall–Kier alpha value is -3.12. The van der Waals surface area contributed by atoms with Crippen molar-refractivity contribution in [3.05, 3.63) is 48.5 Å². The van der Waals surface area contributed by atoms with Crippen molar-refractivity contribution < 1.29 is 24.5 Å². The van der Waals surface area contributed by atoms with E-state index >= 15 is 0 Å². The molecule has 0 radical (unpaired) electrons. The molecule has 1 aliphatic rings. The number of imidazole rings is 1. The Balaban J connectivity index is 1.39. The zero-order valence-electron chi connectivity index (χ0n) is 15.9. The molecule has 11 nitrogen and oxygen atoms in total. The molecule has 1 fully saturated rings. The summed E-state index contributed by atoms with van der Waals surface area (Å²) >= 11 is 0. The lowest BCUT2D eigenvalue weighted by atomic mass is 10.1. The van der Waals surface area contributed by atoms with Crippen LogP contribution in [0.1, 0.15) is 11.8 Å². The summed E-state index contributed by atoms with van der Waals surface area (Å²) in [6, 6.07) is 8.46. The largest absolute Gasteiger partial charge is 0.462 e. The number of aliphatic hydroxyl groups is 2. The zero-order valence-corrected chi connectivity index (χ0v) is 15.9. The number of esters is 1. The first-order valence-corrected chi connectivity index (χ1v) is 9.36. The molecule has 6 N–H and O–H groups in total. The fraction of sp³-hybridized carbons (Fsp3) is 0.368. The zero-order chi connectivity index (χ0) is 21.3. The Morgan fingerprint density at radius 2 is 1.97 bits per heavy atom. The standard InChI is InChI=1S/C19H22N6O5/c20-11(6-10-4-2-1-3-5-10)19(28)29-7-12-14(26)15(27)18(30-12)25-9-24-13-16(21)22-8-23-17(13)25/h1-5,8-9,11-12,14-15,18,26-27H,6-7,20H2,(H2,21,22,23)/t11-,12-,14+,15-,18-/m1/s1. The van der Waals surface area contributed by atoms with Crippen LogP contribution in [0.15, 0.2) is 43.0 Å². The van der Waals surface area contributed by atoms with Crippen LogP contribution in [0.3, 0.4) is 0 Å². The molecule has 0 saturated carbocycles. The van der Waals surface area contributed by atoms with Crippen LogP contribution in [-0.4, -0.2) is 66.7 Å². The van der Waals surface area contributed by atoms with Crippen molar-refractivity contribution in [2.45, 2.75) is 37.0 Å². The van der Waals surface area contributed by atoms with E-state index in [1.54, 1.807) is 0 Å². The molecule has 4 rings (SSSR count). The average molecular weight is 414 g/mol. The Bertz CT molecular complexity index is 1030. The number of hydrogen-bond donors (Lipinski definition) is 4. The van der Waals surface area contributed by atoms with Crippen molar-refractivity contribution in [1.82, 2.24) is 19.5 Å². The minimum atomic E-state index is -1.29. The highest BCUT2D eigenvalue weighted by molar-refractivity contribution is 5.81. The fourth-order valence-corrected chi connectivity index (χ4v) is 3.38. The number of hydrogen-bond acceptors (Lipinski definition) is 10. The lowest BCUT2D eigenvalue weighted by Gasteiger charge is -2.17. The second kappa shape index (κ2) is 8.32. The number of benzene rings is 1. The van der Waals surface area contributed by atoms with Gasteiger partial charge in [-0.15, -0.1) is 0 Å². The molecule has 3 aromatic rings. The molecular weight excluding hydrogens is 392 g/mol. The van der Waals surface area contributed by atoms with E-state index in [2.05, 4.69) is 15.0 Å². The van der Waals surface area contributed by atoms with Crippen molar-refractivity contribution in [3.8, 4) is 0 Å². The van der Waals surface area contributed by atoms with E-state index in [1.807, 2.05) is 30.3 Å². The molecule has 1 saturated heterocycles. The van der Waals surface area contributed by atoms with Crippen LogP contribution in [0.4, 0.5) is 5.82 Å². The van der Waals surface area contributed by atoms with Gasteiger partial charge in [0.15, 0.2) is 17.7 Å². The van der Waals surface area contributed by atoms with Gasteiger partial charge in [-0.1, -0.05) is 30.3 Å². The number of nitrogen functional groups attached to an aromatic ring is 1. The molecule has 30 heavy (non-hydrogen) atoms. The maximum atomic E-state index is 12.2. The van der Waals surface area contributed by atoms with Crippen LogP contribution >= 0.6 is 0 Å². The first kappa shape index (κ1) is 20.2. The van der Waals surface area contributed by atoms with Gasteiger partial charge >= 0.3 is 5.97 Å². The van der Waals surface area contributed by atoms with Crippen LogP contribution in [0, 0.1) is 0 Å². The molecule has 0 aliphatic carbocycles. The van der Waals surface area contributed by atoms with Gasteiger partial charge in [0.2, 0.25) is 0 Å². The number of rotatable bonds is 6. The first-order chi connectivity index (χ1) is 14.5. The minimum absolute atomic E-state index is 0.185. The van der Waals surface area contributed by atoms with Crippen molar-refractivity contribution >= 4 is 23.0 Å². The molecule has 0 amide bonds. The summed E-state index contributed by atoms with van der Waals surface area (Å²) < 4.78 is 12.4. The smallest absolute Gasteiger partial charge is 0.323 e. The molecule has 0 bridgehead atoms. The van der Waals surface area contributed by atoms with Crippen LogP contribution in [-0.2, 0) is 20.7 Å². The second-order valence-corrected chi connectivity index (χ2v) is 7.06. The molecule has 3 heterocycles. The highest BCUT2D eigenvalue weighted by Gasteiger charge is 2.45. The molecule has 1 aromatic carbocycles. The highest BCUT2D eigenvalue weighted by atomic mass is 16.6. The van der Waals surface area contributed by atoms with Crippen LogP contribution in [0.25, 0.3) is 11.2 Å². The molecule has 158 valence electrons. The fourth-order valence-electron chi connectivity index (χ4n) is 3.38. The topological polar surface area (TPSA) is 172 Å². The van der Waals surface area contributed by atoms with Gasteiger partial charge in [-0.2, -0.15) is 0 Å². The minimum Gasteiger partial charge on any atom is -0.462 e. The van der Waals surface area contributed by atoms with E-state index in [4.69, 9.17) is 20.9 Å². The van der Waals surface area contributed by atoms with Crippen molar-refractivity contribution in [2.75, 3.05) is 12.3 Å². The predicted molar refractivity (Wildman–Crippen MR) is 105 cm³/mol. The lowest BCUT2D eigenvalue weighted by molar-refractivity contribution is -0.151. The van der Waals surface area contributed by atoms with Gasteiger partial charge < -0.3 is 31.2 Å². The Kier molecular flexibility index (Phi) is 5.59. The molecule has 0 spiro atoms. The van der Waals surface area contributed by atoms with E-state index in [0.29, 0.717) is 17.6 Å². The van der Waals surface area contributed by atoms with Crippen LogP contribution in [0.5, 0.6) is 0 Å². The van der Waals surface area contributed by atoms with Gasteiger partial charge in [-0.05, 0) is 12.0 Å². The van der Waals surface area contributed by atoms with Gasteiger partial charge in [0.1, 0.15) is 42.8 Å². The van der Waals surface area contributed by atoms with Gasteiger partial charge in [-0.3, -0.25) is 9.36 Å². The average Bonchev–Trinajstić information content (AvgIpc) is 3.29. The highest BCUT2D eigenvalue weighted by Crippen LogP contribution is 2.32. The molecule has 11 heteroatoms. The normalized spacial score (nSPS) is 24.8. The van der Waals surface area contributed by atoms with E-state index in [9.17, 15) is 15.0 Å². The Morgan fingerprint density at radius 3 is 2.73 bits per heavy atom. The van der Waals surface area contributed by atoms with Crippen molar-refractivity contribution in [3.63, 3.8) is 0 Å². The number of fused-ring (bicyclic) bond motifs is 1. The molecule has 0 unspecified atom stereocenters. The third kappa shape index (κ3) is 3.83. The van der Waals surface area contributed by atoms with E-state index in [-0.39, 0.29) is 12.4 Å². The molecule has 2 aromatic heterocycles. The Labute approximate surface area is 171 Å². The monoisotopic (exact) mass is 414 g/mol. The van der Waals surface area contributed by atoms with Gasteiger partial charge in [0, 0.05) is 0 Å². The quantitative estimate of drug-likeness (QED) is 0.372. The number of aromatic nitrogens is 4. The Morgan fingerprint density at radius 1 is 1.20 bits per heavy atom. The predicted octanol–water partition coefficient (Wildman–Crippen LogP) is -0.859.